The maximum atomic E-state index is 13.8. The molecule has 1 saturated heterocycles. The number of benzene rings is 3. The van der Waals surface area contributed by atoms with E-state index >= 15 is 0 Å². The number of carbonyl (C=O) groups excluding carboxylic acids is 2. The van der Waals surface area contributed by atoms with E-state index in [0.717, 1.165) is 34.9 Å². The standard InChI is InChI=1S/C28H26ClF3N2O2/c1-17-8-6-9-18(2)24(17)27(36)34-15-7-12-21(25(34)19-10-4-3-5-11-19)26(35)33-23-16-20(28(30,31)32)13-14-22(23)29/h3-6,8-11,13-14,16,21,25H,7,12,15H2,1-2H3,(H,33,35)/t21-,25-/m0/s1. The third kappa shape index (κ3) is 5.26. The van der Waals surface area contributed by atoms with Crippen LogP contribution in [-0.4, -0.2) is 23.3 Å². The molecule has 1 aliphatic heterocycles. The van der Waals surface area contributed by atoms with Gasteiger partial charge in [-0.1, -0.05) is 60.1 Å². The summed E-state index contributed by atoms with van der Waals surface area (Å²) in [5.41, 5.74) is 2.05. The molecule has 0 radical (unpaired) electrons. The highest BCUT2D eigenvalue weighted by atomic mass is 35.5. The number of piperidine rings is 1. The molecule has 4 rings (SSSR count). The highest BCUT2D eigenvalue weighted by molar-refractivity contribution is 6.33. The van der Waals surface area contributed by atoms with Gasteiger partial charge in [0.1, 0.15) is 0 Å². The van der Waals surface area contributed by atoms with E-state index in [1.807, 2.05) is 62.4 Å². The fourth-order valence-electron chi connectivity index (χ4n) is 4.88. The molecule has 0 spiro atoms. The van der Waals surface area contributed by atoms with Gasteiger partial charge in [-0.15, -0.1) is 0 Å². The van der Waals surface area contributed by atoms with Crippen LogP contribution in [0.15, 0.2) is 66.7 Å². The number of rotatable bonds is 4. The van der Waals surface area contributed by atoms with E-state index < -0.39 is 29.6 Å². The average Bonchev–Trinajstić information content (AvgIpc) is 2.84. The lowest BCUT2D eigenvalue weighted by Crippen LogP contribution is -2.46. The maximum Gasteiger partial charge on any atom is 0.416 e. The van der Waals surface area contributed by atoms with Crippen molar-refractivity contribution in [1.29, 1.82) is 0 Å². The number of halogens is 4. The summed E-state index contributed by atoms with van der Waals surface area (Å²) in [5.74, 6) is -1.34. The van der Waals surface area contributed by atoms with Crippen LogP contribution in [0.4, 0.5) is 18.9 Å². The van der Waals surface area contributed by atoms with Gasteiger partial charge in [0.25, 0.3) is 5.91 Å². The van der Waals surface area contributed by atoms with E-state index in [9.17, 15) is 22.8 Å². The van der Waals surface area contributed by atoms with Gasteiger partial charge in [-0.05, 0) is 61.6 Å². The van der Waals surface area contributed by atoms with Gasteiger partial charge in [0.05, 0.1) is 28.2 Å². The van der Waals surface area contributed by atoms with Crippen LogP contribution in [-0.2, 0) is 11.0 Å². The molecule has 188 valence electrons. The molecular formula is C28H26ClF3N2O2. The highest BCUT2D eigenvalue weighted by Gasteiger charge is 2.40. The Balaban J connectivity index is 1.71. The van der Waals surface area contributed by atoms with Gasteiger partial charge >= 0.3 is 6.18 Å². The third-order valence-electron chi connectivity index (χ3n) is 6.62. The number of carbonyl (C=O) groups is 2. The van der Waals surface area contributed by atoms with Crippen molar-refractivity contribution in [3.63, 3.8) is 0 Å². The first-order valence-corrected chi connectivity index (χ1v) is 12.1. The molecule has 0 aliphatic carbocycles. The Hall–Kier alpha value is -3.32. The molecule has 1 heterocycles. The Bertz CT molecular complexity index is 1260. The minimum atomic E-state index is -4.57. The summed E-state index contributed by atoms with van der Waals surface area (Å²) in [6, 6.07) is 17.1. The summed E-state index contributed by atoms with van der Waals surface area (Å²) in [4.78, 5) is 29.0. The van der Waals surface area contributed by atoms with Crippen molar-refractivity contribution in [2.75, 3.05) is 11.9 Å². The molecule has 1 aliphatic rings. The Morgan fingerprint density at radius 2 is 1.64 bits per heavy atom. The van der Waals surface area contributed by atoms with Gasteiger partial charge in [0.15, 0.2) is 0 Å². The average molecular weight is 515 g/mol. The number of amides is 2. The molecule has 2 atom stereocenters. The van der Waals surface area contributed by atoms with Gasteiger partial charge in [-0.2, -0.15) is 13.2 Å². The van der Waals surface area contributed by atoms with Gasteiger partial charge in [0.2, 0.25) is 5.91 Å². The van der Waals surface area contributed by atoms with Crippen LogP contribution >= 0.6 is 11.6 Å². The molecule has 36 heavy (non-hydrogen) atoms. The van der Waals surface area contributed by atoms with E-state index in [2.05, 4.69) is 5.32 Å². The molecule has 0 aromatic heterocycles. The lowest BCUT2D eigenvalue weighted by Gasteiger charge is -2.41. The smallest absolute Gasteiger partial charge is 0.331 e. The van der Waals surface area contributed by atoms with Gasteiger partial charge in [0, 0.05) is 12.1 Å². The van der Waals surface area contributed by atoms with E-state index in [1.165, 1.54) is 0 Å². The first-order valence-electron chi connectivity index (χ1n) is 11.7. The zero-order chi connectivity index (χ0) is 26.0. The number of hydrogen-bond donors (Lipinski definition) is 1. The van der Waals surface area contributed by atoms with Crippen LogP contribution in [0.1, 0.15) is 51.5 Å². The van der Waals surface area contributed by atoms with Gasteiger partial charge in [-0.3, -0.25) is 9.59 Å². The van der Waals surface area contributed by atoms with Crippen molar-refractivity contribution < 1.29 is 22.8 Å². The van der Waals surface area contributed by atoms with E-state index in [1.54, 1.807) is 4.90 Å². The summed E-state index contributed by atoms with van der Waals surface area (Å²) in [7, 11) is 0. The van der Waals surface area contributed by atoms with Crippen LogP contribution in [0, 0.1) is 19.8 Å². The number of nitrogens with one attached hydrogen (secondary N) is 1. The minimum absolute atomic E-state index is 0.00638. The molecule has 3 aromatic carbocycles. The molecule has 3 aromatic rings. The molecule has 4 nitrogen and oxygen atoms in total. The largest absolute Gasteiger partial charge is 0.416 e. The fraction of sp³-hybridized carbons (Fsp3) is 0.286. The number of hydrogen-bond acceptors (Lipinski definition) is 2. The number of alkyl halides is 3. The molecule has 0 unspecified atom stereocenters. The van der Waals surface area contributed by atoms with Crippen molar-refractivity contribution >= 4 is 29.1 Å². The van der Waals surface area contributed by atoms with E-state index in [-0.39, 0.29) is 16.6 Å². The Kier molecular flexibility index (Phi) is 7.41. The predicted molar refractivity (Wildman–Crippen MR) is 134 cm³/mol. The molecule has 2 amide bonds. The van der Waals surface area contributed by atoms with Crippen LogP contribution in [0.2, 0.25) is 5.02 Å². The lowest BCUT2D eigenvalue weighted by atomic mass is 9.83. The van der Waals surface area contributed by atoms with Crippen LogP contribution in [0.5, 0.6) is 0 Å². The van der Waals surface area contributed by atoms with Gasteiger partial charge in [-0.25, -0.2) is 0 Å². The molecular weight excluding hydrogens is 489 g/mol. The molecule has 1 N–H and O–H groups in total. The van der Waals surface area contributed by atoms with Crippen LogP contribution in [0.3, 0.4) is 0 Å². The van der Waals surface area contributed by atoms with E-state index in [4.69, 9.17) is 11.6 Å². The number of anilines is 1. The maximum absolute atomic E-state index is 13.8. The Morgan fingerprint density at radius 3 is 2.28 bits per heavy atom. The summed E-state index contributed by atoms with van der Waals surface area (Å²) >= 11 is 6.13. The molecule has 0 bridgehead atoms. The first-order chi connectivity index (χ1) is 17.1. The second-order valence-electron chi connectivity index (χ2n) is 9.05. The predicted octanol–water partition coefficient (Wildman–Crippen LogP) is 7.21. The summed E-state index contributed by atoms with van der Waals surface area (Å²) in [6.45, 7) is 4.21. The second kappa shape index (κ2) is 10.3. The lowest BCUT2D eigenvalue weighted by molar-refractivity contribution is -0.137. The van der Waals surface area contributed by atoms with Crippen molar-refractivity contribution in [2.45, 2.75) is 38.9 Å². The summed E-state index contributed by atoms with van der Waals surface area (Å²) in [6.07, 6.45) is -3.52. The summed E-state index contributed by atoms with van der Waals surface area (Å²) < 4.78 is 39.7. The normalized spacial score (nSPS) is 18.1. The monoisotopic (exact) mass is 514 g/mol. The topological polar surface area (TPSA) is 49.4 Å². The number of aryl methyl sites for hydroxylation is 2. The number of likely N-dealkylation sites (tertiary alicyclic amines) is 1. The number of nitrogens with zero attached hydrogens (tertiary/aromatic N) is 1. The molecule has 0 saturated carbocycles. The molecule has 8 heteroatoms. The summed E-state index contributed by atoms with van der Waals surface area (Å²) in [5, 5.41) is 2.61. The zero-order valence-corrected chi connectivity index (χ0v) is 20.7. The van der Waals surface area contributed by atoms with Crippen LogP contribution < -0.4 is 5.32 Å². The third-order valence-corrected chi connectivity index (χ3v) is 6.95. The fourth-order valence-corrected chi connectivity index (χ4v) is 5.04. The second-order valence-corrected chi connectivity index (χ2v) is 9.46. The van der Waals surface area contributed by atoms with Gasteiger partial charge < -0.3 is 10.2 Å². The first kappa shape index (κ1) is 25.8. The Labute approximate surface area is 213 Å². The van der Waals surface area contributed by atoms with Crippen LogP contribution in [0.25, 0.3) is 0 Å². The molecule has 1 fully saturated rings. The quantitative estimate of drug-likeness (QED) is 0.400. The Morgan fingerprint density at radius 1 is 0.972 bits per heavy atom. The van der Waals surface area contributed by atoms with E-state index in [0.29, 0.717) is 24.9 Å². The van der Waals surface area contributed by atoms with Crippen molar-refractivity contribution in [2.24, 2.45) is 5.92 Å². The van der Waals surface area contributed by atoms with Crippen molar-refractivity contribution in [1.82, 2.24) is 4.90 Å². The zero-order valence-electron chi connectivity index (χ0n) is 19.9. The SMILES string of the molecule is Cc1cccc(C)c1C(=O)N1CCC[C@H](C(=O)Nc2cc(C(F)(F)F)ccc2Cl)[C@@H]1c1ccccc1. The highest BCUT2D eigenvalue weighted by Crippen LogP contribution is 2.39. The van der Waals surface area contributed by atoms with Crippen molar-refractivity contribution in [3.05, 3.63) is 99.6 Å². The van der Waals surface area contributed by atoms with Crippen molar-refractivity contribution in [3.8, 4) is 0 Å². The minimum Gasteiger partial charge on any atom is -0.331 e.